The van der Waals surface area contributed by atoms with Crippen LogP contribution in [0.2, 0.25) is 0 Å². The summed E-state index contributed by atoms with van der Waals surface area (Å²) in [5.41, 5.74) is 0.362. The van der Waals surface area contributed by atoms with E-state index in [-0.39, 0.29) is 24.0 Å². The fraction of sp³-hybridized carbons (Fsp3) is 0.850. The zero-order valence-corrected chi connectivity index (χ0v) is 19.3. The lowest BCUT2D eigenvalue weighted by Crippen LogP contribution is -2.72. The first kappa shape index (κ1) is 20.4. The second-order valence-corrected chi connectivity index (χ2v) is 8.97. The van der Waals surface area contributed by atoms with E-state index in [4.69, 9.17) is 9.73 Å². The number of rotatable bonds is 4. The van der Waals surface area contributed by atoms with Gasteiger partial charge in [-0.2, -0.15) is 0 Å². The Morgan fingerprint density at radius 1 is 1.18 bits per heavy atom. The van der Waals surface area contributed by atoms with E-state index < -0.39 is 0 Å². The van der Waals surface area contributed by atoms with Gasteiger partial charge in [-0.25, -0.2) is 4.99 Å². The van der Waals surface area contributed by atoms with Crippen molar-refractivity contribution in [1.29, 1.82) is 0 Å². The van der Waals surface area contributed by atoms with Crippen LogP contribution in [-0.2, 0) is 18.3 Å². The third-order valence-electron chi connectivity index (χ3n) is 7.59. The van der Waals surface area contributed by atoms with E-state index in [0.29, 0.717) is 36.1 Å². The van der Waals surface area contributed by atoms with Crippen molar-refractivity contribution in [3.8, 4) is 0 Å². The molecule has 2 heterocycles. The highest BCUT2D eigenvalue weighted by molar-refractivity contribution is 14.0. The summed E-state index contributed by atoms with van der Waals surface area (Å²) in [6.07, 6.45) is 10.7. The quantitative estimate of drug-likeness (QED) is 0.378. The number of aryl methyl sites for hydroxylation is 1. The van der Waals surface area contributed by atoms with Crippen molar-refractivity contribution in [1.82, 2.24) is 25.4 Å². The lowest BCUT2D eigenvalue weighted by Gasteiger charge is -2.63. The second-order valence-electron chi connectivity index (χ2n) is 8.97. The van der Waals surface area contributed by atoms with Gasteiger partial charge in [0, 0.05) is 37.1 Å². The molecule has 1 aliphatic heterocycles. The molecule has 28 heavy (non-hydrogen) atoms. The van der Waals surface area contributed by atoms with Gasteiger partial charge in [0.05, 0.1) is 6.10 Å². The summed E-state index contributed by atoms with van der Waals surface area (Å²) in [7, 11) is 2.01. The van der Waals surface area contributed by atoms with Crippen LogP contribution in [-0.4, -0.2) is 45.5 Å². The van der Waals surface area contributed by atoms with Gasteiger partial charge in [-0.15, -0.1) is 34.2 Å². The fourth-order valence-corrected chi connectivity index (χ4v) is 5.74. The number of nitrogens with zero attached hydrogens (tertiary/aromatic N) is 4. The molecule has 4 aliphatic rings. The molecule has 8 heteroatoms. The smallest absolute Gasteiger partial charge is 0.192 e. The lowest BCUT2D eigenvalue weighted by atomic mass is 9.46. The third kappa shape index (κ3) is 3.34. The van der Waals surface area contributed by atoms with E-state index in [1.165, 1.54) is 51.4 Å². The van der Waals surface area contributed by atoms with Crippen molar-refractivity contribution in [2.75, 3.05) is 6.61 Å². The standard InChI is InChI=1S/C20H32N6O.HI/c1-13-24-25-16(26(13)2)12-21-19(22-14-6-3-4-7-14)23-17-15-8-11-27-18(15)20(17)9-5-10-20;/h14-15,17-18H,3-12H2,1-2H3,(H2,21,22,23);1H. The van der Waals surface area contributed by atoms with Crippen LogP contribution in [0.3, 0.4) is 0 Å². The van der Waals surface area contributed by atoms with Crippen LogP contribution in [0, 0.1) is 18.3 Å². The Labute approximate surface area is 184 Å². The zero-order chi connectivity index (χ0) is 18.4. The predicted octanol–water partition coefficient (Wildman–Crippen LogP) is 2.68. The molecule has 7 nitrogen and oxygen atoms in total. The number of ether oxygens (including phenoxy) is 1. The second kappa shape index (κ2) is 8.08. The highest BCUT2D eigenvalue weighted by Crippen LogP contribution is 2.62. The Morgan fingerprint density at radius 3 is 2.61 bits per heavy atom. The number of hydrogen-bond donors (Lipinski definition) is 2. The first-order chi connectivity index (χ1) is 13.2. The van der Waals surface area contributed by atoms with E-state index >= 15 is 0 Å². The topological polar surface area (TPSA) is 76.4 Å². The molecule has 1 saturated heterocycles. The summed E-state index contributed by atoms with van der Waals surface area (Å²) in [5.74, 6) is 3.45. The number of guanidine groups is 1. The molecule has 5 rings (SSSR count). The van der Waals surface area contributed by atoms with Crippen molar-refractivity contribution in [3.63, 3.8) is 0 Å². The Kier molecular flexibility index (Phi) is 5.88. The summed E-state index contributed by atoms with van der Waals surface area (Å²) in [5, 5.41) is 16.0. The summed E-state index contributed by atoms with van der Waals surface area (Å²) in [4.78, 5) is 4.92. The van der Waals surface area contributed by atoms with Crippen molar-refractivity contribution in [2.24, 2.45) is 23.4 Å². The Hall–Kier alpha value is -0.900. The van der Waals surface area contributed by atoms with E-state index in [2.05, 4.69) is 20.8 Å². The normalized spacial score (nSPS) is 31.1. The molecule has 0 radical (unpaired) electrons. The lowest BCUT2D eigenvalue weighted by molar-refractivity contribution is -0.171. The Balaban J connectivity index is 0.00000192. The summed E-state index contributed by atoms with van der Waals surface area (Å²) in [6.45, 7) is 3.46. The van der Waals surface area contributed by atoms with Crippen LogP contribution >= 0.6 is 24.0 Å². The molecular weight excluding hydrogens is 467 g/mol. The Bertz CT molecular complexity index is 724. The molecule has 3 saturated carbocycles. The maximum Gasteiger partial charge on any atom is 0.192 e. The maximum absolute atomic E-state index is 6.08. The van der Waals surface area contributed by atoms with Gasteiger partial charge in [0.2, 0.25) is 0 Å². The van der Waals surface area contributed by atoms with Crippen LogP contribution in [0.5, 0.6) is 0 Å². The zero-order valence-electron chi connectivity index (χ0n) is 17.0. The van der Waals surface area contributed by atoms with Crippen molar-refractivity contribution in [3.05, 3.63) is 11.6 Å². The van der Waals surface area contributed by atoms with Crippen LogP contribution in [0.15, 0.2) is 4.99 Å². The number of nitrogens with one attached hydrogen (secondary N) is 2. The molecular formula is C20H33IN6O. The predicted molar refractivity (Wildman–Crippen MR) is 119 cm³/mol. The average molecular weight is 500 g/mol. The molecule has 1 spiro atoms. The molecule has 0 bridgehead atoms. The molecule has 3 aliphatic carbocycles. The minimum Gasteiger partial charge on any atom is -0.377 e. The van der Waals surface area contributed by atoms with Gasteiger partial charge in [0.25, 0.3) is 0 Å². The average Bonchev–Trinajstić information content (AvgIpc) is 3.33. The highest BCUT2D eigenvalue weighted by atomic mass is 127. The Morgan fingerprint density at radius 2 is 1.96 bits per heavy atom. The van der Waals surface area contributed by atoms with Gasteiger partial charge in [-0.3, -0.25) is 0 Å². The van der Waals surface area contributed by atoms with Crippen LogP contribution in [0.4, 0.5) is 0 Å². The van der Waals surface area contributed by atoms with Crippen LogP contribution < -0.4 is 10.6 Å². The summed E-state index contributed by atoms with van der Waals surface area (Å²) >= 11 is 0. The summed E-state index contributed by atoms with van der Waals surface area (Å²) < 4.78 is 8.10. The molecule has 3 atom stereocenters. The van der Waals surface area contributed by atoms with Gasteiger partial charge in [0.15, 0.2) is 11.8 Å². The monoisotopic (exact) mass is 500 g/mol. The first-order valence-electron chi connectivity index (χ1n) is 10.7. The largest absolute Gasteiger partial charge is 0.377 e. The molecule has 1 aromatic heterocycles. The number of hydrogen-bond acceptors (Lipinski definition) is 4. The van der Waals surface area contributed by atoms with E-state index in [1.54, 1.807) is 0 Å². The SMILES string of the molecule is Cc1nnc(CN=C(NC2CCCC2)NC2C3CCOC3C23CCC3)n1C.I. The fourth-order valence-electron chi connectivity index (χ4n) is 5.74. The van der Waals surface area contributed by atoms with Gasteiger partial charge >= 0.3 is 0 Å². The number of aliphatic imine (C=N–C) groups is 1. The molecule has 4 fully saturated rings. The van der Waals surface area contributed by atoms with E-state index in [1.807, 2.05) is 18.5 Å². The summed E-state index contributed by atoms with van der Waals surface area (Å²) in [6, 6.07) is 1.05. The molecule has 156 valence electrons. The van der Waals surface area contributed by atoms with Gasteiger partial charge < -0.3 is 19.9 Å². The van der Waals surface area contributed by atoms with Gasteiger partial charge in [-0.05, 0) is 39.0 Å². The number of fused-ring (bicyclic) bond motifs is 2. The molecule has 1 aromatic rings. The van der Waals surface area contributed by atoms with Gasteiger partial charge in [0.1, 0.15) is 12.4 Å². The van der Waals surface area contributed by atoms with E-state index in [9.17, 15) is 0 Å². The maximum atomic E-state index is 6.08. The van der Waals surface area contributed by atoms with Crippen LogP contribution in [0.1, 0.15) is 63.0 Å². The minimum absolute atomic E-state index is 0. The van der Waals surface area contributed by atoms with Crippen LogP contribution in [0.25, 0.3) is 0 Å². The van der Waals surface area contributed by atoms with E-state index in [0.717, 1.165) is 24.2 Å². The first-order valence-corrected chi connectivity index (χ1v) is 10.7. The number of halogens is 1. The molecule has 2 N–H and O–H groups in total. The minimum atomic E-state index is 0. The van der Waals surface area contributed by atoms with Crippen molar-refractivity contribution >= 4 is 29.9 Å². The molecule has 3 unspecified atom stereocenters. The highest BCUT2D eigenvalue weighted by Gasteiger charge is 2.66. The molecule has 0 aromatic carbocycles. The number of aromatic nitrogens is 3. The molecule has 0 amide bonds. The van der Waals surface area contributed by atoms with Crippen molar-refractivity contribution < 1.29 is 4.74 Å². The third-order valence-corrected chi connectivity index (χ3v) is 7.59. The van der Waals surface area contributed by atoms with Gasteiger partial charge in [-0.1, -0.05) is 19.3 Å². The van der Waals surface area contributed by atoms with Crippen molar-refractivity contribution in [2.45, 2.75) is 83.0 Å².